The highest BCUT2D eigenvalue weighted by atomic mass is 16.4. The zero-order valence-electron chi connectivity index (χ0n) is 14.9. The highest BCUT2D eigenvalue weighted by Gasteiger charge is 2.17. The molecule has 4 nitrogen and oxygen atoms in total. The average molecular weight is 343 g/mol. The number of hydrogen-bond donors (Lipinski definition) is 1. The highest BCUT2D eigenvalue weighted by Crippen LogP contribution is 2.24. The van der Waals surface area contributed by atoms with E-state index in [1.54, 1.807) is 0 Å². The molecular formula is C22H21N3O. The molecule has 0 spiro atoms. The SMILES string of the molecule is C[C@H](N[C@H](C)c1nnc(-c2ccccc2)o1)c1ccc2ccccc2c1. The van der Waals surface area contributed by atoms with E-state index < -0.39 is 0 Å². The van der Waals surface area contributed by atoms with Crippen LogP contribution < -0.4 is 5.32 Å². The van der Waals surface area contributed by atoms with E-state index in [0.29, 0.717) is 11.8 Å². The molecule has 1 N–H and O–H groups in total. The smallest absolute Gasteiger partial charge is 0.247 e. The van der Waals surface area contributed by atoms with Gasteiger partial charge >= 0.3 is 0 Å². The van der Waals surface area contributed by atoms with E-state index in [1.807, 2.05) is 37.3 Å². The van der Waals surface area contributed by atoms with Crippen LogP contribution >= 0.6 is 0 Å². The maximum absolute atomic E-state index is 5.85. The average Bonchev–Trinajstić information content (AvgIpc) is 3.18. The van der Waals surface area contributed by atoms with Crippen molar-refractivity contribution in [1.29, 1.82) is 0 Å². The lowest BCUT2D eigenvalue weighted by Crippen LogP contribution is -2.22. The van der Waals surface area contributed by atoms with Gasteiger partial charge in [0.25, 0.3) is 0 Å². The Hall–Kier alpha value is -2.98. The van der Waals surface area contributed by atoms with Gasteiger partial charge in [0.15, 0.2) is 0 Å². The van der Waals surface area contributed by atoms with Crippen molar-refractivity contribution in [2.24, 2.45) is 0 Å². The molecule has 130 valence electrons. The quantitative estimate of drug-likeness (QED) is 0.534. The van der Waals surface area contributed by atoms with Gasteiger partial charge in [-0.05, 0) is 48.4 Å². The van der Waals surface area contributed by atoms with Crippen LogP contribution in [0.1, 0.15) is 37.4 Å². The lowest BCUT2D eigenvalue weighted by atomic mass is 10.0. The fourth-order valence-corrected chi connectivity index (χ4v) is 3.13. The minimum Gasteiger partial charge on any atom is -0.419 e. The van der Waals surface area contributed by atoms with Gasteiger partial charge in [-0.3, -0.25) is 5.32 Å². The Kier molecular flexibility index (Phi) is 4.50. The first-order valence-electron chi connectivity index (χ1n) is 8.84. The van der Waals surface area contributed by atoms with Gasteiger partial charge in [0.1, 0.15) is 0 Å². The molecule has 4 rings (SSSR count). The zero-order chi connectivity index (χ0) is 17.9. The molecule has 0 saturated heterocycles. The van der Waals surface area contributed by atoms with Crippen LogP contribution in [0.25, 0.3) is 22.2 Å². The van der Waals surface area contributed by atoms with Gasteiger partial charge in [-0.1, -0.05) is 54.6 Å². The first-order valence-corrected chi connectivity index (χ1v) is 8.84. The lowest BCUT2D eigenvalue weighted by Gasteiger charge is -2.18. The summed E-state index contributed by atoms with van der Waals surface area (Å²) in [5.41, 5.74) is 2.17. The second kappa shape index (κ2) is 7.10. The minimum absolute atomic E-state index is 0.0403. The van der Waals surface area contributed by atoms with Crippen LogP contribution in [-0.2, 0) is 0 Å². The first kappa shape index (κ1) is 16.5. The van der Waals surface area contributed by atoms with E-state index in [0.717, 1.165) is 5.56 Å². The van der Waals surface area contributed by atoms with E-state index in [2.05, 4.69) is 64.9 Å². The Balaban J connectivity index is 1.50. The van der Waals surface area contributed by atoms with E-state index in [1.165, 1.54) is 16.3 Å². The molecule has 0 fully saturated rings. The van der Waals surface area contributed by atoms with Gasteiger partial charge < -0.3 is 4.42 Å². The summed E-state index contributed by atoms with van der Waals surface area (Å²) in [6.07, 6.45) is 0. The Morgan fingerprint density at radius 1 is 0.769 bits per heavy atom. The summed E-state index contributed by atoms with van der Waals surface area (Å²) in [4.78, 5) is 0. The maximum atomic E-state index is 5.85. The predicted octanol–water partition coefficient (Wildman–Crippen LogP) is 5.30. The van der Waals surface area contributed by atoms with E-state index in [9.17, 15) is 0 Å². The monoisotopic (exact) mass is 343 g/mol. The van der Waals surface area contributed by atoms with Crippen LogP contribution in [0.5, 0.6) is 0 Å². The third-order valence-corrected chi connectivity index (χ3v) is 4.61. The number of nitrogens with zero attached hydrogens (tertiary/aromatic N) is 2. The fraction of sp³-hybridized carbons (Fsp3) is 0.182. The third kappa shape index (κ3) is 3.37. The molecule has 4 aromatic rings. The summed E-state index contributed by atoms with van der Waals surface area (Å²) in [5.74, 6) is 1.14. The fourth-order valence-electron chi connectivity index (χ4n) is 3.13. The van der Waals surface area contributed by atoms with Crippen LogP contribution in [0, 0.1) is 0 Å². The number of hydrogen-bond acceptors (Lipinski definition) is 4. The van der Waals surface area contributed by atoms with Crippen molar-refractivity contribution in [2.75, 3.05) is 0 Å². The molecule has 1 heterocycles. The van der Waals surface area contributed by atoms with Crippen molar-refractivity contribution in [3.05, 3.63) is 84.3 Å². The molecule has 0 aliphatic carbocycles. The summed E-state index contributed by atoms with van der Waals surface area (Å²) in [6.45, 7) is 4.19. The third-order valence-electron chi connectivity index (χ3n) is 4.61. The molecule has 0 aliphatic heterocycles. The van der Waals surface area contributed by atoms with Crippen molar-refractivity contribution < 1.29 is 4.42 Å². The Morgan fingerprint density at radius 2 is 1.50 bits per heavy atom. The topological polar surface area (TPSA) is 51.0 Å². The van der Waals surface area contributed by atoms with Crippen molar-refractivity contribution >= 4 is 10.8 Å². The summed E-state index contributed by atoms with van der Waals surface area (Å²) in [7, 11) is 0. The Bertz CT molecular complexity index is 1010. The molecule has 4 heteroatoms. The summed E-state index contributed by atoms with van der Waals surface area (Å²) < 4.78 is 5.85. The standard InChI is InChI=1S/C22H21N3O/c1-15(19-13-12-17-8-6-7-11-20(17)14-19)23-16(2)21-24-25-22(26-21)18-9-4-3-5-10-18/h3-16,23H,1-2H3/t15-,16+/m0/s1. The Morgan fingerprint density at radius 3 is 2.31 bits per heavy atom. The van der Waals surface area contributed by atoms with E-state index in [4.69, 9.17) is 4.42 Å². The number of rotatable bonds is 5. The highest BCUT2D eigenvalue weighted by molar-refractivity contribution is 5.83. The molecule has 0 saturated carbocycles. The molecule has 26 heavy (non-hydrogen) atoms. The van der Waals surface area contributed by atoms with Gasteiger partial charge in [-0.25, -0.2) is 0 Å². The normalized spacial score (nSPS) is 13.6. The second-order valence-electron chi connectivity index (χ2n) is 6.53. The van der Waals surface area contributed by atoms with E-state index >= 15 is 0 Å². The van der Waals surface area contributed by atoms with Crippen LogP contribution in [0.3, 0.4) is 0 Å². The van der Waals surface area contributed by atoms with Crippen molar-refractivity contribution in [3.8, 4) is 11.5 Å². The summed E-state index contributed by atoms with van der Waals surface area (Å²) >= 11 is 0. The summed E-state index contributed by atoms with van der Waals surface area (Å²) in [6, 6.07) is 24.9. The number of fused-ring (bicyclic) bond motifs is 1. The van der Waals surface area contributed by atoms with Gasteiger partial charge in [0, 0.05) is 11.6 Å². The molecule has 0 aliphatic rings. The van der Waals surface area contributed by atoms with Gasteiger partial charge in [-0.2, -0.15) is 0 Å². The molecule has 2 atom stereocenters. The van der Waals surface area contributed by atoms with Crippen molar-refractivity contribution in [2.45, 2.75) is 25.9 Å². The molecule has 0 radical (unpaired) electrons. The van der Waals surface area contributed by atoms with Gasteiger partial charge in [0.2, 0.25) is 11.8 Å². The van der Waals surface area contributed by atoms with Gasteiger partial charge in [0.05, 0.1) is 6.04 Å². The van der Waals surface area contributed by atoms with E-state index in [-0.39, 0.29) is 12.1 Å². The maximum Gasteiger partial charge on any atom is 0.247 e. The van der Waals surface area contributed by atoms with Crippen molar-refractivity contribution in [3.63, 3.8) is 0 Å². The van der Waals surface area contributed by atoms with Crippen LogP contribution in [0.4, 0.5) is 0 Å². The van der Waals surface area contributed by atoms with Gasteiger partial charge in [-0.15, -0.1) is 10.2 Å². The number of aromatic nitrogens is 2. The van der Waals surface area contributed by atoms with Crippen LogP contribution in [0.2, 0.25) is 0 Å². The predicted molar refractivity (Wildman–Crippen MR) is 104 cm³/mol. The lowest BCUT2D eigenvalue weighted by molar-refractivity contribution is 0.395. The molecule has 0 unspecified atom stereocenters. The molecule has 3 aromatic carbocycles. The van der Waals surface area contributed by atoms with Crippen molar-refractivity contribution in [1.82, 2.24) is 15.5 Å². The number of benzene rings is 3. The minimum atomic E-state index is -0.0403. The zero-order valence-corrected chi connectivity index (χ0v) is 14.9. The summed E-state index contributed by atoms with van der Waals surface area (Å²) in [5, 5.41) is 14.4. The molecular weight excluding hydrogens is 322 g/mol. The molecule has 0 bridgehead atoms. The second-order valence-corrected chi connectivity index (χ2v) is 6.53. The number of nitrogens with one attached hydrogen (secondary N) is 1. The molecule has 0 amide bonds. The Labute approximate surface area is 152 Å². The van der Waals surface area contributed by atoms with Crippen LogP contribution in [0.15, 0.2) is 77.2 Å². The first-order chi connectivity index (χ1) is 12.7. The largest absolute Gasteiger partial charge is 0.419 e. The van der Waals surface area contributed by atoms with Crippen LogP contribution in [-0.4, -0.2) is 10.2 Å². The molecule has 1 aromatic heterocycles.